The van der Waals surface area contributed by atoms with Crippen molar-refractivity contribution in [3.05, 3.63) is 24.3 Å². The Kier molecular flexibility index (Phi) is 6.61. The Labute approximate surface area is 121 Å². The molecule has 0 atom stereocenters. The van der Waals surface area contributed by atoms with E-state index in [1.165, 1.54) is 12.1 Å². The molecule has 0 fully saturated rings. The molecule has 1 aromatic rings. The van der Waals surface area contributed by atoms with E-state index in [1.54, 1.807) is 0 Å². The number of carbonyl (C=O) groups is 1. The number of carbonyl (C=O) groups excluding carboxylic acids is 1. The fraction of sp³-hybridized carbons (Fsp3) is 0.125. The maximum Gasteiger partial charge on any atom is 1.00 e. The molecule has 0 aliphatic carbocycles. The molecule has 1 amide bonds. The SMILES string of the molecule is O=C(CS)Nc1ccc(S(=O)(=O)[O-])cc1.[Na+]. The third-order valence-electron chi connectivity index (χ3n) is 1.57. The Morgan fingerprint density at radius 3 is 2.19 bits per heavy atom. The second kappa shape index (κ2) is 6.63. The summed E-state index contributed by atoms with van der Waals surface area (Å²) in [5.41, 5.74) is 0.418. The predicted molar refractivity (Wildman–Crippen MR) is 56.9 cm³/mol. The zero-order chi connectivity index (χ0) is 11.5. The van der Waals surface area contributed by atoms with Crippen LogP contribution in [0.25, 0.3) is 0 Å². The van der Waals surface area contributed by atoms with Gasteiger partial charge in [-0.1, -0.05) is 0 Å². The van der Waals surface area contributed by atoms with Crippen molar-refractivity contribution in [1.82, 2.24) is 0 Å². The van der Waals surface area contributed by atoms with Crippen LogP contribution in [0.15, 0.2) is 29.2 Å². The molecule has 0 heterocycles. The van der Waals surface area contributed by atoms with E-state index in [0.29, 0.717) is 5.69 Å². The predicted octanol–water partition coefficient (Wildman–Crippen LogP) is -2.54. The van der Waals surface area contributed by atoms with Crippen LogP contribution in [0.5, 0.6) is 0 Å². The maximum atomic E-state index is 10.9. The zero-order valence-corrected chi connectivity index (χ0v) is 12.2. The van der Waals surface area contributed by atoms with Gasteiger partial charge in [-0.3, -0.25) is 4.79 Å². The Hall–Kier alpha value is -0.0500. The summed E-state index contributed by atoms with van der Waals surface area (Å²) >= 11 is 3.75. The van der Waals surface area contributed by atoms with Crippen molar-refractivity contribution < 1.29 is 47.3 Å². The summed E-state index contributed by atoms with van der Waals surface area (Å²) < 4.78 is 31.7. The van der Waals surface area contributed by atoms with E-state index < -0.39 is 10.1 Å². The number of nitrogens with one attached hydrogen (secondary N) is 1. The van der Waals surface area contributed by atoms with Crippen molar-refractivity contribution in [3.63, 3.8) is 0 Å². The molecule has 16 heavy (non-hydrogen) atoms. The molecule has 8 heteroatoms. The molecule has 5 nitrogen and oxygen atoms in total. The van der Waals surface area contributed by atoms with Crippen molar-refractivity contribution >= 4 is 34.3 Å². The Morgan fingerprint density at radius 2 is 1.81 bits per heavy atom. The Balaban J connectivity index is 0.00000225. The number of benzene rings is 1. The molecule has 0 bridgehead atoms. The number of thiol groups is 1. The van der Waals surface area contributed by atoms with Crippen LogP contribution >= 0.6 is 12.6 Å². The van der Waals surface area contributed by atoms with E-state index in [1.807, 2.05) is 0 Å². The van der Waals surface area contributed by atoms with Crippen molar-refractivity contribution in [2.45, 2.75) is 4.90 Å². The number of anilines is 1. The average molecular weight is 269 g/mol. The first kappa shape index (κ1) is 16.0. The van der Waals surface area contributed by atoms with Crippen LogP contribution in [-0.4, -0.2) is 24.6 Å². The van der Waals surface area contributed by atoms with Gasteiger partial charge in [-0.15, -0.1) is 0 Å². The molecule has 0 spiro atoms. The molecule has 0 saturated heterocycles. The van der Waals surface area contributed by atoms with Crippen LogP contribution in [-0.2, 0) is 14.9 Å². The van der Waals surface area contributed by atoms with Crippen LogP contribution in [0.2, 0.25) is 0 Å². The van der Waals surface area contributed by atoms with Crippen molar-refractivity contribution in [1.29, 1.82) is 0 Å². The van der Waals surface area contributed by atoms with Gasteiger partial charge in [0.2, 0.25) is 5.91 Å². The molecule has 0 aliphatic heterocycles. The number of amides is 1. The third kappa shape index (κ3) is 4.86. The first-order valence-corrected chi connectivity index (χ1v) is 5.94. The fourth-order valence-electron chi connectivity index (χ4n) is 0.905. The first-order valence-electron chi connectivity index (χ1n) is 3.90. The molecular weight excluding hydrogens is 261 g/mol. The van der Waals surface area contributed by atoms with Crippen LogP contribution in [0, 0.1) is 0 Å². The Bertz CT molecular complexity index is 457. The van der Waals surface area contributed by atoms with E-state index in [-0.39, 0.29) is 46.1 Å². The molecule has 0 aromatic heterocycles. The minimum Gasteiger partial charge on any atom is -0.744 e. The van der Waals surface area contributed by atoms with E-state index in [2.05, 4.69) is 17.9 Å². The van der Waals surface area contributed by atoms with Gasteiger partial charge < -0.3 is 9.87 Å². The number of hydrogen-bond donors (Lipinski definition) is 2. The van der Waals surface area contributed by atoms with Crippen LogP contribution < -0.4 is 34.9 Å². The van der Waals surface area contributed by atoms with Gasteiger partial charge in [-0.2, -0.15) is 12.6 Å². The van der Waals surface area contributed by atoms with E-state index in [9.17, 15) is 17.8 Å². The van der Waals surface area contributed by atoms with E-state index in [4.69, 9.17) is 0 Å². The second-order valence-corrected chi connectivity index (χ2v) is 4.38. The molecular formula is C8H8NNaO4S2. The summed E-state index contributed by atoms with van der Waals surface area (Å²) in [4.78, 5) is 10.6. The molecule has 0 radical (unpaired) electrons. The quantitative estimate of drug-likeness (QED) is 0.360. The minimum atomic E-state index is -4.43. The van der Waals surface area contributed by atoms with Gasteiger partial charge in [0, 0.05) is 5.69 Å². The van der Waals surface area contributed by atoms with Gasteiger partial charge in [0.15, 0.2) is 0 Å². The molecule has 0 aliphatic rings. The second-order valence-electron chi connectivity index (χ2n) is 2.68. The molecule has 0 unspecified atom stereocenters. The average Bonchev–Trinajstić information content (AvgIpc) is 2.17. The fourth-order valence-corrected chi connectivity index (χ4v) is 1.45. The van der Waals surface area contributed by atoms with Gasteiger partial charge >= 0.3 is 29.6 Å². The van der Waals surface area contributed by atoms with Crippen molar-refractivity contribution in [2.75, 3.05) is 11.1 Å². The number of rotatable bonds is 3. The van der Waals surface area contributed by atoms with E-state index in [0.717, 1.165) is 12.1 Å². The topological polar surface area (TPSA) is 86.3 Å². The molecule has 0 saturated carbocycles. The minimum absolute atomic E-state index is 0. The van der Waals surface area contributed by atoms with E-state index >= 15 is 0 Å². The summed E-state index contributed by atoms with van der Waals surface area (Å²) in [5, 5.41) is 2.46. The number of hydrogen-bond acceptors (Lipinski definition) is 5. The maximum absolute atomic E-state index is 10.9. The molecule has 1 rings (SSSR count). The van der Waals surface area contributed by atoms with Gasteiger partial charge in [-0.05, 0) is 24.3 Å². The summed E-state index contributed by atoms with van der Waals surface area (Å²) in [5.74, 6) is -0.280. The van der Waals surface area contributed by atoms with Gasteiger partial charge in [0.25, 0.3) is 0 Å². The summed E-state index contributed by atoms with van der Waals surface area (Å²) in [6, 6.07) is 4.95. The monoisotopic (exact) mass is 269 g/mol. The normalized spacial score (nSPS) is 10.4. The van der Waals surface area contributed by atoms with Crippen LogP contribution in [0.1, 0.15) is 0 Å². The first-order chi connectivity index (χ1) is 6.93. The largest absolute Gasteiger partial charge is 1.00 e. The third-order valence-corrected chi connectivity index (χ3v) is 2.71. The van der Waals surface area contributed by atoms with Gasteiger partial charge in [0.1, 0.15) is 10.1 Å². The summed E-state index contributed by atoms with van der Waals surface area (Å²) in [7, 11) is -4.43. The van der Waals surface area contributed by atoms with Gasteiger partial charge in [-0.25, -0.2) is 8.42 Å². The summed E-state index contributed by atoms with van der Waals surface area (Å²) in [6.07, 6.45) is 0. The van der Waals surface area contributed by atoms with Crippen molar-refractivity contribution in [2.24, 2.45) is 0 Å². The molecule has 1 aromatic carbocycles. The Morgan fingerprint density at radius 1 is 1.31 bits per heavy atom. The summed E-state index contributed by atoms with van der Waals surface area (Å²) in [6.45, 7) is 0. The van der Waals surface area contributed by atoms with Crippen LogP contribution in [0.4, 0.5) is 5.69 Å². The standard InChI is InChI=1S/C8H9NO4S2.Na/c10-8(5-14)9-6-1-3-7(4-2-6)15(11,12)13;/h1-4,14H,5H2,(H,9,10)(H,11,12,13);/q;+1/p-1. The smallest absolute Gasteiger partial charge is 0.744 e. The van der Waals surface area contributed by atoms with Gasteiger partial charge in [0.05, 0.1) is 10.6 Å². The zero-order valence-electron chi connectivity index (χ0n) is 8.50. The van der Waals surface area contributed by atoms with Crippen molar-refractivity contribution in [3.8, 4) is 0 Å². The molecule has 82 valence electrons. The van der Waals surface area contributed by atoms with Crippen LogP contribution in [0.3, 0.4) is 0 Å². The molecule has 1 N–H and O–H groups in total.